The fraction of sp³-hybridized carbons (Fsp3) is 0. The van der Waals surface area contributed by atoms with Crippen molar-refractivity contribution in [3.05, 3.63) is 138 Å². The van der Waals surface area contributed by atoms with E-state index in [1.54, 1.807) is 0 Å². The largest absolute Gasteiger partial charge is 0.246 e. The van der Waals surface area contributed by atoms with Crippen molar-refractivity contribution in [1.82, 2.24) is 9.97 Å². The first-order valence-electron chi connectivity index (χ1n) is 12.4. The van der Waals surface area contributed by atoms with Gasteiger partial charge in [0.2, 0.25) is 0 Å². The lowest BCUT2D eigenvalue weighted by Crippen LogP contribution is -2.01. The van der Waals surface area contributed by atoms with Gasteiger partial charge in [0.1, 0.15) is 7.85 Å². The van der Waals surface area contributed by atoms with Crippen LogP contribution in [0.2, 0.25) is 0 Å². The van der Waals surface area contributed by atoms with E-state index in [-0.39, 0.29) is 0 Å². The normalized spacial score (nSPS) is 10.9. The Labute approximate surface area is 232 Å². The first kappa shape index (κ1) is 24.1. The van der Waals surface area contributed by atoms with Crippen LogP contribution in [0.1, 0.15) is 0 Å². The molecule has 0 bridgehead atoms. The molecule has 178 valence electrons. The second kappa shape index (κ2) is 10.6. The summed E-state index contributed by atoms with van der Waals surface area (Å²) >= 11 is 3.61. The number of hydrogen-bond acceptors (Lipinski definition) is 2. The minimum Gasteiger partial charge on any atom is -0.246 e. The summed E-state index contributed by atoms with van der Waals surface area (Å²) in [4.78, 5) is 10.2. The van der Waals surface area contributed by atoms with Crippen molar-refractivity contribution in [2.45, 2.75) is 0 Å². The van der Waals surface area contributed by atoms with Gasteiger partial charge in [-0.2, -0.15) is 0 Å². The highest BCUT2D eigenvalue weighted by Gasteiger charge is 2.14. The van der Waals surface area contributed by atoms with E-state index in [1.165, 1.54) is 0 Å². The molecule has 0 aliphatic heterocycles. The maximum atomic E-state index is 6.13. The summed E-state index contributed by atoms with van der Waals surface area (Å²) in [6.07, 6.45) is 0. The molecule has 0 atom stereocenters. The Balaban J connectivity index is 1.59. The zero-order valence-corrected chi connectivity index (χ0v) is 22.1. The summed E-state index contributed by atoms with van der Waals surface area (Å²) < 4.78 is 1.01. The molecule has 0 saturated heterocycles. The van der Waals surface area contributed by atoms with Crippen LogP contribution in [0.25, 0.3) is 56.2 Å². The van der Waals surface area contributed by atoms with Crippen LogP contribution in [-0.4, -0.2) is 17.8 Å². The zero-order valence-electron chi connectivity index (χ0n) is 20.6. The maximum absolute atomic E-state index is 6.13. The second-order valence-electron chi connectivity index (χ2n) is 9.12. The minimum absolute atomic E-state index is 0.706. The number of hydrogen-bond donors (Lipinski definition) is 0. The van der Waals surface area contributed by atoms with Gasteiger partial charge in [0, 0.05) is 10.0 Å². The zero-order chi connectivity index (χ0) is 25.9. The molecule has 0 aliphatic rings. The van der Waals surface area contributed by atoms with Gasteiger partial charge >= 0.3 is 0 Å². The summed E-state index contributed by atoms with van der Waals surface area (Å²) in [6.45, 7) is 0. The second-order valence-corrected chi connectivity index (χ2v) is 10.0. The van der Waals surface area contributed by atoms with E-state index in [1.807, 2.05) is 48.5 Å². The van der Waals surface area contributed by atoms with Gasteiger partial charge in [0.15, 0.2) is 0 Å². The molecule has 0 spiro atoms. The average Bonchev–Trinajstić information content (AvgIpc) is 2.97. The summed E-state index contributed by atoms with van der Waals surface area (Å²) in [5, 5.41) is 0. The maximum Gasteiger partial charge on any atom is 0.113 e. The molecule has 0 unspecified atom stereocenters. The van der Waals surface area contributed by atoms with Crippen LogP contribution in [0.4, 0.5) is 0 Å². The number of nitrogens with zero attached hydrogens (tertiary/aromatic N) is 2. The van der Waals surface area contributed by atoms with E-state index < -0.39 is 0 Å². The summed E-state index contributed by atoms with van der Waals surface area (Å²) in [6, 6.07) is 45.3. The van der Waals surface area contributed by atoms with Crippen molar-refractivity contribution in [2.75, 3.05) is 0 Å². The fourth-order valence-electron chi connectivity index (χ4n) is 4.56. The highest BCUT2D eigenvalue weighted by molar-refractivity contribution is 9.10. The molecular weight excluding hydrogens is 527 g/mol. The molecule has 6 rings (SSSR count). The predicted molar refractivity (Wildman–Crippen MR) is 162 cm³/mol. The molecule has 0 amide bonds. The minimum atomic E-state index is 0.706. The van der Waals surface area contributed by atoms with Crippen LogP contribution >= 0.6 is 15.9 Å². The molecule has 4 heteroatoms. The van der Waals surface area contributed by atoms with Crippen LogP contribution in [0.5, 0.6) is 0 Å². The van der Waals surface area contributed by atoms with Crippen LogP contribution in [-0.2, 0) is 0 Å². The van der Waals surface area contributed by atoms with Gasteiger partial charge in [-0.3, -0.25) is 0 Å². The smallest absolute Gasteiger partial charge is 0.113 e. The van der Waals surface area contributed by atoms with Gasteiger partial charge < -0.3 is 0 Å². The molecule has 0 saturated carbocycles. The van der Waals surface area contributed by atoms with Gasteiger partial charge in [-0.05, 0) is 64.2 Å². The molecule has 2 aromatic heterocycles. The van der Waals surface area contributed by atoms with E-state index in [0.717, 1.165) is 60.6 Å². The lowest BCUT2D eigenvalue weighted by molar-refractivity contribution is 1.25. The molecule has 0 aliphatic carbocycles. The van der Waals surface area contributed by atoms with Gasteiger partial charge in [-0.15, -0.1) is 0 Å². The van der Waals surface area contributed by atoms with E-state index in [9.17, 15) is 0 Å². The van der Waals surface area contributed by atoms with Crippen molar-refractivity contribution in [3.8, 4) is 56.2 Å². The Morgan fingerprint density at radius 1 is 0.395 bits per heavy atom. The summed E-state index contributed by atoms with van der Waals surface area (Å²) in [5.41, 5.74) is 10.5. The summed E-state index contributed by atoms with van der Waals surface area (Å²) in [7, 11) is 6.13. The molecule has 0 N–H and O–H groups in total. The topological polar surface area (TPSA) is 25.8 Å². The van der Waals surface area contributed by atoms with Crippen LogP contribution in [0, 0.1) is 0 Å². The molecule has 4 aromatic carbocycles. The van der Waals surface area contributed by atoms with Gasteiger partial charge in [0.05, 0.1) is 22.8 Å². The third-order valence-electron chi connectivity index (χ3n) is 6.43. The average molecular weight is 549 g/mol. The molecule has 2 nitrogen and oxygen atoms in total. The molecule has 0 fully saturated rings. The Morgan fingerprint density at radius 2 is 0.842 bits per heavy atom. The number of halogens is 1. The monoisotopic (exact) mass is 548 g/mol. The summed E-state index contributed by atoms with van der Waals surface area (Å²) in [5.74, 6) is 0. The standard InChI is InChI=1S/C34H22BBrN2/c35-29-15-7-13-25(17-29)31-19-27(23-9-3-1-4-10-23)21-33(37-31)34-22-28(24-11-5-2-6-12-24)20-32(38-34)26-14-8-16-30(36)18-26/h1-22H. The lowest BCUT2D eigenvalue weighted by atomic mass is 9.93. The quantitative estimate of drug-likeness (QED) is 0.202. The van der Waals surface area contributed by atoms with Crippen molar-refractivity contribution in [1.29, 1.82) is 0 Å². The van der Waals surface area contributed by atoms with Gasteiger partial charge in [0.25, 0.3) is 0 Å². The fourth-order valence-corrected chi connectivity index (χ4v) is 4.96. The van der Waals surface area contributed by atoms with E-state index in [4.69, 9.17) is 17.8 Å². The molecule has 6 aromatic rings. The third kappa shape index (κ3) is 5.22. The van der Waals surface area contributed by atoms with Crippen molar-refractivity contribution < 1.29 is 0 Å². The van der Waals surface area contributed by atoms with Crippen molar-refractivity contribution >= 4 is 29.2 Å². The van der Waals surface area contributed by atoms with Gasteiger partial charge in [-0.1, -0.05) is 118 Å². The first-order valence-corrected chi connectivity index (χ1v) is 13.2. The van der Waals surface area contributed by atoms with Crippen LogP contribution < -0.4 is 5.46 Å². The Hall–Kier alpha value is -4.28. The number of rotatable bonds is 5. The number of aromatic nitrogens is 2. The lowest BCUT2D eigenvalue weighted by Gasteiger charge is -2.13. The Kier molecular flexibility index (Phi) is 6.72. The van der Waals surface area contributed by atoms with E-state index >= 15 is 0 Å². The Morgan fingerprint density at radius 3 is 1.34 bits per heavy atom. The molecule has 38 heavy (non-hydrogen) atoms. The van der Waals surface area contributed by atoms with E-state index in [0.29, 0.717) is 5.46 Å². The third-order valence-corrected chi connectivity index (χ3v) is 6.92. The van der Waals surface area contributed by atoms with Crippen LogP contribution in [0.15, 0.2) is 138 Å². The number of pyridine rings is 2. The predicted octanol–water partition coefficient (Wildman–Crippen LogP) is 8.37. The molecule has 2 radical (unpaired) electrons. The highest BCUT2D eigenvalue weighted by atomic mass is 79.9. The molecule has 2 heterocycles. The van der Waals surface area contributed by atoms with Crippen molar-refractivity contribution in [2.24, 2.45) is 0 Å². The first-order chi connectivity index (χ1) is 18.6. The van der Waals surface area contributed by atoms with Gasteiger partial charge in [-0.25, -0.2) is 9.97 Å². The highest BCUT2D eigenvalue weighted by Crippen LogP contribution is 2.34. The Bertz CT molecular complexity index is 1600. The number of benzene rings is 4. The SMILES string of the molecule is [B]c1cccc(-c2cc(-c3ccccc3)cc(-c3cc(-c4ccccc4)cc(-c4cccc(Br)c4)n3)n2)c1. The van der Waals surface area contributed by atoms with E-state index in [2.05, 4.69) is 101 Å². The van der Waals surface area contributed by atoms with Crippen LogP contribution in [0.3, 0.4) is 0 Å². The molecular formula is C34H22BBrN2. The van der Waals surface area contributed by atoms with Crippen molar-refractivity contribution in [3.63, 3.8) is 0 Å².